The average Bonchev–Trinajstić information content (AvgIpc) is 3.33. The summed E-state index contributed by atoms with van der Waals surface area (Å²) >= 11 is 5.90. The minimum Gasteiger partial charge on any atom is -0.380 e. The first-order chi connectivity index (χ1) is 17.2. The van der Waals surface area contributed by atoms with Crippen LogP contribution in [0.5, 0.6) is 0 Å². The Morgan fingerprint density at radius 1 is 1.14 bits per heavy atom. The van der Waals surface area contributed by atoms with Gasteiger partial charge in [-0.15, -0.1) is 0 Å². The van der Waals surface area contributed by atoms with E-state index in [1.54, 1.807) is 48.5 Å². The Bertz CT molecular complexity index is 1240. The molecule has 6 nitrogen and oxygen atoms in total. The predicted molar refractivity (Wildman–Crippen MR) is 134 cm³/mol. The zero-order chi connectivity index (χ0) is 25.8. The van der Waals surface area contributed by atoms with Crippen LogP contribution < -0.4 is 10.6 Å². The van der Waals surface area contributed by atoms with Gasteiger partial charge in [-0.2, -0.15) is 0 Å². The van der Waals surface area contributed by atoms with Gasteiger partial charge < -0.3 is 15.4 Å². The fourth-order valence-corrected chi connectivity index (χ4v) is 4.37. The lowest BCUT2D eigenvalue weighted by Gasteiger charge is -2.25. The smallest absolute Gasteiger partial charge is 0.272 e. The maximum absolute atomic E-state index is 13.9. The number of hydrogen-bond acceptors (Lipinski definition) is 5. The number of para-hydroxylation sites is 1. The molecule has 4 rings (SSSR count). The maximum atomic E-state index is 13.9. The number of anilines is 2. The normalized spacial score (nSPS) is 17.6. The minimum atomic E-state index is -2.97. The van der Waals surface area contributed by atoms with Crippen LogP contribution in [0.15, 0.2) is 66.9 Å². The van der Waals surface area contributed by atoms with Crippen LogP contribution in [0.1, 0.15) is 41.3 Å². The number of aromatic nitrogens is 1. The monoisotopic (exact) mass is 513 g/mol. The molecule has 2 aromatic carbocycles. The van der Waals surface area contributed by atoms with Crippen LogP contribution in [-0.4, -0.2) is 29.9 Å². The number of nitrogens with zero attached hydrogens (tertiary/aromatic N) is 1. The molecule has 0 radical (unpaired) electrons. The van der Waals surface area contributed by atoms with E-state index in [-0.39, 0.29) is 42.0 Å². The van der Waals surface area contributed by atoms with Gasteiger partial charge in [0.1, 0.15) is 5.15 Å². The SMILES string of the molecule is CC(F)(F)c1ccccc1Nc1ccc(CNC(=O)[C@]2(CC(=O)c3ccnc(Cl)c3)CCOC2)cc1. The Kier molecular flexibility index (Phi) is 7.66. The third kappa shape index (κ3) is 6.06. The Hall–Kier alpha value is -3.36. The molecule has 0 spiro atoms. The molecule has 1 saturated heterocycles. The van der Waals surface area contributed by atoms with Crippen LogP contribution in [-0.2, 0) is 22.0 Å². The van der Waals surface area contributed by atoms with Crippen molar-refractivity contribution in [2.24, 2.45) is 5.41 Å². The number of hydrogen-bond donors (Lipinski definition) is 2. The summed E-state index contributed by atoms with van der Waals surface area (Å²) in [5, 5.41) is 6.16. The van der Waals surface area contributed by atoms with Crippen molar-refractivity contribution >= 4 is 34.7 Å². The van der Waals surface area contributed by atoms with E-state index in [4.69, 9.17) is 16.3 Å². The fraction of sp³-hybridized carbons (Fsp3) is 0.296. The topological polar surface area (TPSA) is 80.3 Å². The number of nitrogens with one attached hydrogen (secondary N) is 2. The van der Waals surface area contributed by atoms with E-state index in [9.17, 15) is 18.4 Å². The largest absolute Gasteiger partial charge is 0.380 e. The van der Waals surface area contributed by atoms with Crippen molar-refractivity contribution in [2.75, 3.05) is 18.5 Å². The Labute approximate surface area is 213 Å². The summed E-state index contributed by atoms with van der Waals surface area (Å²) in [6.45, 7) is 1.67. The molecular formula is C27H26ClF2N3O3. The van der Waals surface area contributed by atoms with Gasteiger partial charge in [-0.3, -0.25) is 9.59 Å². The van der Waals surface area contributed by atoms with Crippen molar-refractivity contribution in [1.29, 1.82) is 0 Å². The molecular weight excluding hydrogens is 488 g/mol. The molecule has 2 N–H and O–H groups in total. The van der Waals surface area contributed by atoms with Crippen molar-refractivity contribution in [3.63, 3.8) is 0 Å². The average molecular weight is 514 g/mol. The molecule has 1 amide bonds. The highest BCUT2D eigenvalue weighted by atomic mass is 35.5. The van der Waals surface area contributed by atoms with Gasteiger partial charge in [-0.05, 0) is 42.3 Å². The first kappa shape index (κ1) is 25.7. The molecule has 1 atom stereocenters. The number of amides is 1. The lowest BCUT2D eigenvalue weighted by Crippen LogP contribution is -2.42. The van der Waals surface area contributed by atoms with Crippen molar-refractivity contribution in [3.8, 4) is 0 Å². The molecule has 9 heteroatoms. The zero-order valence-corrected chi connectivity index (χ0v) is 20.4. The van der Waals surface area contributed by atoms with Gasteiger partial charge in [0, 0.05) is 55.2 Å². The molecule has 1 aliphatic rings. The summed E-state index contributed by atoms with van der Waals surface area (Å²) < 4.78 is 33.3. The van der Waals surface area contributed by atoms with E-state index in [1.165, 1.54) is 18.3 Å². The van der Waals surface area contributed by atoms with E-state index in [2.05, 4.69) is 15.6 Å². The van der Waals surface area contributed by atoms with E-state index in [0.717, 1.165) is 12.5 Å². The van der Waals surface area contributed by atoms with Crippen molar-refractivity contribution in [3.05, 3.63) is 88.7 Å². The van der Waals surface area contributed by atoms with Crippen LogP contribution in [0.25, 0.3) is 0 Å². The van der Waals surface area contributed by atoms with Gasteiger partial charge in [-0.1, -0.05) is 41.9 Å². The summed E-state index contributed by atoms with van der Waals surface area (Å²) in [7, 11) is 0. The summed E-state index contributed by atoms with van der Waals surface area (Å²) in [6.07, 6.45) is 1.90. The predicted octanol–water partition coefficient (Wildman–Crippen LogP) is 5.89. The van der Waals surface area contributed by atoms with Crippen LogP contribution >= 0.6 is 11.6 Å². The molecule has 0 unspecified atom stereocenters. The second-order valence-corrected chi connectivity index (χ2v) is 9.38. The van der Waals surface area contributed by atoms with E-state index in [1.807, 2.05) is 0 Å². The molecule has 1 aliphatic heterocycles. The molecule has 1 fully saturated rings. The van der Waals surface area contributed by atoms with Crippen molar-refractivity contribution in [1.82, 2.24) is 10.3 Å². The number of ketones is 1. The fourth-order valence-electron chi connectivity index (χ4n) is 4.20. The van der Waals surface area contributed by atoms with Crippen LogP contribution in [0.4, 0.5) is 20.2 Å². The maximum Gasteiger partial charge on any atom is 0.272 e. The van der Waals surface area contributed by atoms with E-state index < -0.39 is 11.3 Å². The number of pyridine rings is 1. The molecule has 1 aromatic heterocycles. The number of ether oxygens (including phenoxy) is 1. The number of Topliss-reactive ketones (excluding diaryl/α,β-unsaturated/α-hetero) is 1. The minimum absolute atomic E-state index is 0.00348. The number of alkyl halides is 2. The van der Waals surface area contributed by atoms with Gasteiger partial charge in [0.05, 0.1) is 12.0 Å². The number of carbonyl (C=O) groups is 2. The number of halogens is 3. The summed E-state index contributed by atoms with van der Waals surface area (Å²) in [6, 6.07) is 16.5. The van der Waals surface area contributed by atoms with Crippen LogP contribution in [0.2, 0.25) is 5.15 Å². The zero-order valence-electron chi connectivity index (χ0n) is 19.7. The number of carbonyl (C=O) groups excluding carboxylic acids is 2. The third-order valence-corrected chi connectivity index (χ3v) is 6.43. The first-order valence-electron chi connectivity index (χ1n) is 11.5. The Morgan fingerprint density at radius 2 is 1.89 bits per heavy atom. The van der Waals surface area contributed by atoms with Crippen LogP contribution in [0, 0.1) is 5.41 Å². The molecule has 2 heterocycles. The van der Waals surface area contributed by atoms with Crippen molar-refractivity contribution < 1.29 is 23.1 Å². The second kappa shape index (κ2) is 10.7. The Balaban J connectivity index is 1.39. The third-order valence-electron chi connectivity index (χ3n) is 6.22. The summed E-state index contributed by atoms with van der Waals surface area (Å²) in [5.41, 5.74) is 1.15. The molecule has 36 heavy (non-hydrogen) atoms. The number of rotatable bonds is 9. The molecule has 0 aliphatic carbocycles. The number of benzene rings is 2. The molecule has 3 aromatic rings. The lowest BCUT2D eigenvalue weighted by atomic mass is 9.80. The van der Waals surface area contributed by atoms with E-state index >= 15 is 0 Å². The van der Waals surface area contributed by atoms with E-state index in [0.29, 0.717) is 30.0 Å². The van der Waals surface area contributed by atoms with Gasteiger partial charge in [0.15, 0.2) is 5.78 Å². The summed E-state index contributed by atoms with van der Waals surface area (Å²) in [4.78, 5) is 29.9. The quantitative estimate of drug-likeness (QED) is 0.275. The first-order valence-corrected chi connectivity index (χ1v) is 11.9. The Morgan fingerprint density at radius 3 is 2.56 bits per heavy atom. The van der Waals surface area contributed by atoms with Crippen LogP contribution in [0.3, 0.4) is 0 Å². The summed E-state index contributed by atoms with van der Waals surface area (Å²) in [5.74, 6) is -3.43. The van der Waals surface area contributed by atoms with Gasteiger partial charge in [0.25, 0.3) is 5.92 Å². The lowest BCUT2D eigenvalue weighted by molar-refractivity contribution is -0.131. The molecule has 0 saturated carbocycles. The molecule has 0 bridgehead atoms. The second-order valence-electron chi connectivity index (χ2n) is 8.99. The highest BCUT2D eigenvalue weighted by Gasteiger charge is 2.44. The molecule has 188 valence electrons. The van der Waals surface area contributed by atoms with Gasteiger partial charge in [-0.25, -0.2) is 13.8 Å². The highest BCUT2D eigenvalue weighted by molar-refractivity contribution is 6.29. The van der Waals surface area contributed by atoms with Gasteiger partial charge >= 0.3 is 0 Å². The highest BCUT2D eigenvalue weighted by Crippen LogP contribution is 2.35. The van der Waals surface area contributed by atoms with Crippen molar-refractivity contribution in [2.45, 2.75) is 32.2 Å². The standard InChI is InChI=1S/C27H26ClF2N3O3/c1-26(29,30)21-4-2-3-5-22(21)33-20-8-6-18(7-9-20)16-32-25(35)27(11-13-36-17-27)15-23(34)19-10-12-31-24(28)14-19/h2-10,12,14,33H,11,13,15-17H2,1H3,(H,32,35)/t27-/m0/s1. The van der Waals surface area contributed by atoms with Gasteiger partial charge in [0.2, 0.25) is 5.91 Å².